The van der Waals surface area contributed by atoms with Crippen LogP contribution in [0, 0.1) is 0 Å². The third-order valence-electron chi connectivity index (χ3n) is 8.66. The van der Waals surface area contributed by atoms with Crippen LogP contribution in [0.5, 0.6) is 23.0 Å². The lowest BCUT2D eigenvalue weighted by molar-refractivity contribution is -0.152. The Morgan fingerprint density at radius 2 is 1.57 bits per heavy atom. The van der Waals surface area contributed by atoms with E-state index in [4.69, 9.17) is 18.9 Å². The van der Waals surface area contributed by atoms with Crippen LogP contribution in [0.2, 0.25) is 0 Å². The maximum atomic E-state index is 13.0. The van der Waals surface area contributed by atoms with Gasteiger partial charge in [-0.05, 0) is 86.2 Å². The second-order valence-electron chi connectivity index (χ2n) is 12.4. The van der Waals surface area contributed by atoms with Crippen molar-refractivity contribution in [3.05, 3.63) is 120 Å². The van der Waals surface area contributed by atoms with Crippen LogP contribution in [-0.2, 0) is 20.7 Å². The largest absolute Gasteiger partial charge is 0.493 e. The van der Waals surface area contributed by atoms with Gasteiger partial charge in [-0.1, -0.05) is 48.5 Å². The average molecular weight is 688 g/mol. The average Bonchev–Trinajstić information content (AvgIpc) is 3.67. The Bertz CT molecular complexity index is 1930. The van der Waals surface area contributed by atoms with Gasteiger partial charge in [0.1, 0.15) is 23.6 Å². The number of fused-ring (bicyclic) bond motifs is 1. The third-order valence-corrected chi connectivity index (χ3v) is 8.66. The molecule has 0 unspecified atom stereocenters. The molecule has 10 nitrogen and oxygen atoms in total. The standard InChI is InChI=1S/C41H41N3O7/c1-48-37-26-33-34(42-23-22-36(33)50-32-20-18-30(19-21-32)43-40(46)29-13-6-3-7-14-29)27-38(37)49-24-10-17-39(45)44-35(25-28-11-4-2-5-12-28)41(47)51-31-15-8-9-16-31/h2-7,11-14,18-23,26-27,31,35H,8-10,15-17,24-25H2,1H3,(H,43,46)(H,44,45)/t35-/m0/s1. The second-order valence-corrected chi connectivity index (χ2v) is 12.4. The number of nitrogens with zero attached hydrogens (tertiary/aromatic N) is 1. The number of aromatic nitrogens is 1. The van der Waals surface area contributed by atoms with E-state index in [9.17, 15) is 14.4 Å². The zero-order valence-electron chi connectivity index (χ0n) is 28.5. The summed E-state index contributed by atoms with van der Waals surface area (Å²) in [5, 5.41) is 6.50. The van der Waals surface area contributed by atoms with Gasteiger partial charge in [-0.15, -0.1) is 0 Å². The Labute approximate surface area is 297 Å². The minimum atomic E-state index is -0.761. The Morgan fingerprint density at radius 3 is 2.29 bits per heavy atom. The van der Waals surface area contributed by atoms with Gasteiger partial charge in [0.05, 0.1) is 19.2 Å². The smallest absolute Gasteiger partial charge is 0.329 e. The molecule has 10 heteroatoms. The first-order valence-corrected chi connectivity index (χ1v) is 17.2. The molecule has 6 rings (SSSR count). The van der Waals surface area contributed by atoms with E-state index >= 15 is 0 Å². The molecule has 1 fully saturated rings. The molecule has 0 radical (unpaired) electrons. The third kappa shape index (κ3) is 9.63. The molecule has 1 saturated carbocycles. The molecule has 51 heavy (non-hydrogen) atoms. The maximum Gasteiger partial charge on any atom is 0.329 e. The van der Waals surface area contributed by atoms with Crippen LogP contribution in [0.1, 0.15) is 54.4 Å². The van der Waals surface area contributed by atoms with E-state index in [1.165, 1.54) is 0 Å². The number of methoxy groups -OCH3 is 1. The molecule has 0 saturated heterocycles. The number of ether oxygens (including phenoxy) is 4. The van der Waals surface area contributed by atoms with Gasteiger partial charge in [0.15, 0.2) is 11.5 Å². The predicted octanol–water partition coefficient (Wildman–Crippen LogP) is 7.66. The zero-order chi connectivity index (χ0) is 35.4. The van der Waals surface area contributed by atoms with Crippen molar-refractivity contribution in [3.63, 3.8) is 0 Å². The van der Waals surface area contributed by atoms with E-state index < -0.39 is 12.0 Å². The second kappa shape index (κ2) is 17.2. The number of pyridine rings is 1. The Morgan fingerprint density at radius 1 is 0.843 bits per heavy atom. The SMILES string of the molecule is COc1cc2c(Oc3ccc(NC(=O)c4ccccc4)cc3)ccnc2cc1OCCCC(=O)N[C@@H](Cc1ccccc1)C(=O)OC1CCCC1. The molecule has 0 aliphatic heterocycles. The minimum Gasteiger partial charge on any atom is -0.493 e. The number of hydrogen-bond acceptors (Lipinski definition) is 8. The van der Waals surface area contributed by atoms with Gasteiger partial charge in [-0.25, -0.2) is 4.79 Å². The lowest BCUT2D eigenvalue weighted by atomic mass is 10.1. The van der Waals surface area contributed by atoms with Crippen molar-refractivity contribution in [3.8, 4) is 23.0 Å². The number of benzene rings is 4. The first kappa shape index (κ1) is 34.9. The summed E-state index contributed by atoms with van der Waals surface area (Å²) in [5.74, 6) is 1.29. The molecule has 0 bridgehead atoms. The van der Waals surface area contributed by atoms with Crippen molar-refractivity contribution >= 4 is 34.4 Å². The summed E-state index contributed by atoms with van der Waals surface area (Å²) >= 11 is 0. The lowest BCUT2D eigenvalue weighted by Gasteiger charge is -2.20. The zero-order valence-corrected chi connectivity index (χ0v) is 28.5. The molecule has 0 spiro atoms. The number of carbonyl (C=O) groups is 3. The summed E-state index contributed by atoms with van der Waals surface area (Å²) in [7, 11) is 1.55. The molecule has 2 N–H and O–H groups in total. The first-order chi connectivity index (χ1) is 24.9. The summed E-state index contributed by atoms with van der Waals surface area (Å²) < 4.78 is 23.6. The lowest BCUT2D eigenvalue weighted by Crippen LogP contribution is -2.44. The predicted molar refractivity (Wildman–Crippen MR) is 194 cm³/mol. The summed E-state index contributed by atoms with van der Waals surface area (Å²) in [4.78, 5) is 43.0. The molecule has 5 aromatic rings. The number of rotatable bonds is 15. The summed E-state index contributed by atoms with van der Waals surface area (Å²) in [6.07, 6.45) is 6.34. The summed E-state index contributed by atoms with van der Waals surface area (Å²) in [5.41, 5.74) is 2.80. The van der Waals surface area contributed by atoms with Crippen LogP contribution in [0.15, 0.2) is 109 Å². The van der Waals surface area contributed by atoms with Crippen LogP contribution in [0.3, 0.4) is 0 Å². The van der Waals surface area contributed by atoms with Crippen LogP contribution in [0.4, 0.5) is 5.69 Å². The number of carbonyl (C=O) groups excluding carboxylic acids is 3. The molecule has 262 valence electrons. The number of hydrogen-bond donors (Lipinski definition) is 2. The summed E-state index contributed by atoms with van der Waals surface area (Å²) in [6, 6.07) is 30.3. The van der Waals surface area contributed by atoms with E-state index in [1.807, 2.05) is 48.5 Å². The fourth-order valence-corrected chi connectivity index (χ4v) is 5.99. The molecule has 1 aliphatic carbocycles. The van der Waals surface area contributed by atoms with Crippen LogP contribution >= 0.6 is 0 Å². The van der Waals surface area contributed by atoms with Gasteiger partial charge < -0.3 is 29.6 Å². The van der Waals surface area contributed by atoms with E-state index in [2.05, 4.69) is 15.6 Å². The number of anilines is 1. The molecule has 1 atom stereocenters. The molecule has 1 aliphatic rings. The van der Waals surface area contributed by atoms with Gasteiger partial charge >= 0.3 is 5.97 Å². The highest BCUT2D eigenvalue weighted by Gasteiger charge is 2.27. The number of amides is 2. The maximum absolute atomic E-state index is 13.0. The van der Waals surface area contributed by atoms with Crippen molar-refractivity contribution in [2.24, 2.45) is 0 Å². The molecule has 1 aromatic heterocycles. The van der Waals surface area contributed by atoms with Crippen LogP contribution < -0.4 is 24.8 Å². The van der Waals surface area contributed by atoms with Gasteiger partial charge in [0.25, 0.3) is 5.91 Å². The van der Waals surface area contributed by atoms with Gasteiger partial charge in [0.2, 0.25) is 5.91 Å². The number of esters is 1. The van der Waals surface area contributed by atoms with Gasteiger partial charge in [0, 0.05) is 41.7 Å². The monoisotopic (exact) mass is 687 g/mol. The van der Waals surface area contributed by atoms with E-state index in [0.29, 0.717) is 52.6 Å². The molecule has 4 aromatic carbocycles. The molecule has 2 amide bonds. The fourth-order valence-electron chi connectivity index (χ4n) is 5.99. The minimum absolute atomic E-state index is 0.0809. The fraction of sp³-hybridized carbons (Fsp3) is 0.268. The summed E-state index contributed by atoms with van der Waals surface area (Å²) in [6.45, 7) is 0.245. The van der Waals surface area contributed by atoms with Crippen molar-refractivity contribution in [1.82, 2.24) is 10.3 Å². The van der Waals surface area contributed by atoms with Gasteiger partial charge in [-0.3, -0.25) is 14.6 Å². The Hall–Kier alpha value is -5.90. The van der Waals surface area contributed by atoms with Crippen molar-refractivity contribution in [1.29, 1.82) is 0 Å². The van der Waals surface area contributed by atoms with Crippen molar-refractivity contribution < 1.29 is 33.3 Å². The van der Waals surface area contributed by atoms with Crippen molar-refractivity contribution in [2.45, 2.75) is 57.1 Å². The van der Waals surface area contributed by atoms with Crippen LogP contribution in [-0.4, -0.2) is 48.6 Å². The number of nitrogens with one attached hydrogen (secondary N) is 2. The van der Waals surface area contributed by atoms with E-state index in [1.54, 1.807) is 67.9 Å². The van der Waals surface area contributed by atoms with Crippen molar-refractivity contribution in [2.75, 3.05) is 19.0 Å². The quantitative estimate of drug-likeness (QED) is 0.0849. The van der Waals surface area contributed by atoms with E-state index in [-0.39, 0.29) is 30.9 Å². The van der Waals surface area contributed by atoms with E-state index in [0.717, 1.165) is 36.6 Å². The van der Waals surface area contributed by atoms with Crippen LogP contribution in [0.25, 0.3) is 10.9 Å². The first-order valence-electron chi connectivity index (χ1n) is 17.2. The Balaban J connectivity index is 1.04. The van der Waals surface area contributed by atoms with Gasteiger partial charge in [-0.2, -0.15) is 0 Å². The Kier molecular flexibility index (Phi) is 11.8. The normalized spacial score (nSPS) is 13.3. The highest BCUT2D eigenvalue weighted by atomic mass is 16.5. The molecular weight excluding hydrogens is 646 g/mol. The molecular formula is C41H41N3O7. The highest BCUT2D eigenvalue weighted by molar-refractivity contribution is 6.04. The molecule has 1 heterocycles. The highest BCUT2D eigenvalue weighted by Crippen LogP contribution is 2.37. The topological polar surface area (TPSA) is 125 Å².